The topological polar surface area (TPSA) is 85.3 Å². The lowest BCUT2D eigenvalue weighted by Gasteiger charge is -2.26. The second-order valence-corrected chi connectivity index (χ2v) is 6.53. The molecule has 144 valence electrons. The van der Waals surface area contributed by atoms with Crippen LogP contribution in [0, 0.1) is 0 Å². The number of halogens is 3. The summed E-state index contributed by atoms with van der Waals surface area (Å²) in [6, 6.07) is 0.818. The second-order valence-electron chi connectivity index (χ2n) is 6.53. The van der Waals surface area contributed by atoms with Gasteiger partial charge in [0.2, 0.25) is 5.95 Å². The summed E-state index contributed by atoms with van der Waals surface area (Å²) in [5.74, 6) is -0.202. The summed E-state index contributed by atoms with van der Waals surface area (Å²) < 4.78 is 45.0. The zero-order valence-electron chi connectivity index (χ0n) is 14.8. The quantitative estimate of drug-likeness (QED) is 0.751. The van der Waals surface area contributed by atoms with Crippen LogP contribution in [0.5, 0.6) is 0 Å². The summed E-state index contributed by atoms with van der Waals surface area (Å²) in [6.07, 6.45) is -0.719. The minimum absolute atomic E-state index is 0.153. The third-order valence-electron chi connectivity index (χ3n) is 3.19. The van der Waals surface area contributed by atoms with Crippen molar-refractivity contribution in [3.05, 3.63) is 47.5 Å². The number of pyridine rings is 1. The van der Waals surface area contributed by atoms with Gasteiger partial charge in [0.05, 0.1) is 17.7 Å². The standard InChI is InChI=1S/C17H17F3N4O3/c1-16(2,3)27-15(26)24(14-22-6-11(10-25)7-23-14)9-12-8-21-5-4-13(12)17(18,19)20/h4-8,10H,9H2,1-3H3. The number of anilines is 1. The van der Waals surface area contributed by atoms with Gasteiger partial charge in [-0.3, -0.25) is 9.78 Å². The van der Waals surface area contributed by atoms with Gasteiger partial charge in [0.25, 0.3) is 0 Å². The van der Waals surface area contributed by atoms with Crippen molar-refractivity contribution in [2.45, 2.75) is 39.1 Å². The summed E-state index contributed by atoms with van der Waals surface area (Å²) in [6.45, 7) is 4.33. The van der Waals surface area contributed by atoms with Crippen molar-refractivity contribution in [1.29, 1.82) is 0 Å². The van der Waals surface area contributed by atoms with Gasteiger partial charge in [0, 0.05) is 30.4 Å². The number of alkyl halides is 3. The summed E-state index contributed by atoms with van der Waals surface area (Å²) >= 11 is 0. The molecule has 7 nitrogen and oxygen atoms in total. The number of ether oxygens (including phenoxy) is 1. The SMILES string of the molecule is CC(C)(C)OC(=O)N(Cc1cnccc1C(F)(F)F)c1ncc(C=O)cn1. The molecule has 0 atom stereocenters. The van der Waals surface area contributed by atoms with E-state index in [0.717, 1.165) is 35.8 Å². The number of rotatable bonds is 4. The highest BCUT2D eigenvalue weighted by Crippen LogP contribution is 2.32. The van der Waals surface area contributed by atoms with Crippen molar-refractivity contribution in [2.24, 2.45) is 0 Å². The predicted molar refractivity (Wildman–Crippen MR) is 89.1 cm³/mol. The average Bonchev–Trinajstić information content (AvgIpc) is 2.57. The molecule has 0 bridgehead atoms. The number of amides is 1. The van der Waals surface area contributed by atoms with Gasteiger partial charge in [-0.1, -0.05) is 0 Å². The molecular weight excluding hydrogens is 365 g/mol. The number of hydrogen-bond acceptors (Lipinski definition) is 6. The molecule has 0 aromatic carbocycles. The van der Waals surface area contributed by atoms with E-state index in [0.29, 0.717) is 6.29 Å². The Morgan fingerprint density at radius 3 is 2.33 bits per heavy atom. The number of aromatic nitrogens is 3. The zero-order chi connectivity index (χ0) is 20.2. The number of nitrogens with zero attached hydrogens (tertiary/aromatic N) is 4. The van der Waals surface area contributed by atoms with Crippen molar-refractivity contribution >= 4 is 18.3 Å². The fraction of sp³-hybridized carbons (Fsp3) is 0.353. The van der Waals surface area contributed by atoms with E-state index in [1.807, 2.05) is 0 Å². The first-order valence-electron chi connectivity index (χ1n) is 7.79. The van der Waals surface area contributed by atoms with Gasteiger partial charge in [-0.25, -0.2) is 19.7 Å². The average molecular weight is 382 g/mol. The molecule has 2 aromatic heterocycles. The summed E-state index contributed by atoms with van der Waals surface area (Å²) in [5, 5.41) is 0. The van der Waals surface area contributed by atoms with Crippen LogP contribution in [-0.4, -0.2) is 32.9 Å². The monoisotopic (exact) mass is 382 g/mol. The Morgan fingerprint density at radius 1 is 1.19 bits per heavy atom. The molecule has 0 aliphatic rings. The maximum absolute atomic E-state index is 13.2. The Morgan fingerprint density at radius 2 is 1.81 bits per heavy atom. The highest BCUT2D eigenvalue weighted by atomic mass is 19.4. The van der Waals surface area contributed by atoms with E-state index in [2.05, 4.69) is 15.0 Å². The molecule has 2 aromatic rings. The van der Waals surface area contributed by atoms with Crippen LogP contribution in [0.1, 0.15) is 42.3 Å². The van der Waals surface area contributed by atoms with E-state index in [-0.39, 0.29) is 17.1 Å². The molecule has 1 amide bonds. The third kappa shape index (κ3) is 5.47. The van der Waals surface area contributed by atoms with E-state index >= 15 is 0 Å². The first-order chi connectivity index (χ1) is 12.5. The molecule has 2 rings (SSSR count). The largest absolute Gasteiger partial charge is 0.443 e. The molecule has 0 fully saturated rings. The van der Waals surface area contributed by atoms with Crippen LogP contribution in [0.2, 0.25) is 0 Å². The first kappa shape index (κ1) is 20.3. The Bertz CT molecular complexity index is 817. The van der Waals surface area contributed by atoms with Crippen LogP contribution in [0.3, 0.4) is 0 Å². The molecule has 10 heteroatoms. The van der Waals surface area contributed by atoms with Crippen LogP contribution >= 0.6 is 0 Å². The van der Waals surface area contributed by atoms with E-state index in [1.165, 1.54) is 0 Å². The van der Waals surface area contributed by atoms with Crippen molar-refractivity contribution in [2.75, 3.05) is 4.90 Å². The van der Waals surface area contributed by atoms with Gasteiger partial charge >= 0.3 is 12.3 Å². The van der Waals surface area contributed by atoms with E-state index in [9.17, 15) is 22.8 Å². The Hall–Kier alpha value is -3.04. The smallest absolute Gasteiger partial charge is 0.417 e. The van der Waals surface area contributed by atoms with Gasteiger partial charge < -0.3 is 4.74 Å². The van der Waals surface area contributed by atoms with Crippen molar-refractivity contribution in [3.8, 4) is 0 Å². The Labute approximate surface area is 153 Å². The van der Waals surface area contributed by atoms with E-state index < -0.39 is 30.0 Å². The predicted octanol–water partition coefficient (Wildman–Crippen LogP) is 3.64. The molecule has 0 spiro atoms. The highest BCUT2D eigenvalue weighted by Gasteiger charge is 2.35. The molecule has 0 saturated carbocycles. The molecule has 0 N–H and O–H groups in total. The fourth-order valence-electron chi connectivity index (χ4n) is 2.07. The number of carbonyl (C=O) groups is 2. The first-order valence-corrected chi connectivity index (χ1v) is 7.79. The summed E-state index contributed by atoms with van der Waals surface area (Å²) in [4.78, 5) is 35.6. The van der Waals surface area contributed by atoms with Gasteiger partial charge in [-0.2, -0.15) is 13.2 Å². The lowest BCUT2D eigenvalue weighted by molar-refractivity contribution is -0.138. The van der Waals surface area contributed by atoms with Crippen LogP contribution in [0.15, 0.2) is 30.9 Å². The molecule has 0 aliphatic heterocycles. The molecule has 0 saturated heterocycles. The Kier molecular flexibility index (Phi) is 5.77. The van der Waals surface area contributed by atoms with Gasteiger partial charge in [0.15, 0.2) is 6.29 Å². The minimum atomic E-state index is -4.62. The highest BCUT2D eigenvalue weighted by molar-refractivity contribution is 5.85. The van der Waals surface area contributed by atoms with Crippen molar-refractivity contribution < 1.29 is 27.5 Å². The van der Waals surface area contributed by atoms with Crippen molar-refractivity contribution in [3.63, 3.8) is 0 Å². The lowest BCUT2D eigenvalue weighted by Crippen LogP contribution is -2.38. The van der Waals surface area contributed by atoms with Crippen molar-refractivity contribution in [1.82, 2.24) is 15.0 Å². The van der Waals surface area contributed by atoms with E-state index in [1.54, 1.807) is 20.8 Å². The fourth-order valence-corrected chi connectivity index (χ4v) is 2.07. The molecule has 0 aliphatic carbocycles. The maximum atomic E-state index is 13.2. The molecular formula is C17H17F3N4O3. The van der Waals surface area contributed by atoms with Crippen LogP contribution in [-0.2, 0) is 17.5 Å². The minimum Gasteiger partial charge on any atom is -0.443 e. The maximum Gasteiger partial charge on any atom is 0.417 e. The number of carbonyl (C=O) groups excluding carboxylic acids is 2. The molecule has 0 unspecified atom stereocenters. The lowest BCUT2D eigenvalue weighted by atomic mass is 10.1. The molecule has 2 heterocycles. The van der Waals surface area contributed by atoms with Crippen LogP contribution < -0.4 is 4.90 Å². The van der Waals surface area contributed by atoms with Gasteiger partial charge in [-0.05, 0) is 26.8 Å². The Balaban J connectivity index is 2.44. The van der Waals surface area contributed by atoms with Crippen LogP contribution in [0.4, 0.5) is 23.9 Å². The number of aldehydes is 1. The zero-order valence-corrected chi connectivity index (χ0v) is 14.8. The van der Waals surface area contributed by atoms with Gasteiger partial charge in [-0.15, -0.1) is 0 Å². The number of hydrogen-bond donors (Lipinski definition) is 0. The second kappa shape index (κ2) is 7.68. The normalized spacial score (nSPS) is 11.8. The summed E-state index contributed by atoms with van der Waals surface area (Å²) in [5.41, 5.74) is -1.92. The van der Waals surface area contributed by atoms with Crippen LogP contribution in [0.25, 0.3) is 0 Å². The van der Waals surface area contributed by atoms with Gasteiger partial charge in [0.1, 0.15) is 5.60 Å². The molecule has 27 heavy (non-hydrogen) atoms. The molecule has 0 radical (unpaired) electrons. The summed E-state index contributed by atoms with van der Waals surface area (Å²) in [7, 11) is 0. The van der Waals surface area contributed by atoms with E-state index in [4.69, 9.17) is 4.74 Å². The third-order valence-corrected chi connectivity index (χ3v) is 3.19.